The Morgan fingerprint density at radius 1 is 1.16 bits per heavy atom. The van der Waals surface area contributed by atoms with Crippen molar-refractivity contribution < 1.29 is 14.6 Å². The summed E-state index contributed by atoms with van der Waals surface area (Å²) in [5.74, 6) is 0.841. The zero-order chi connectivity index (χ0) is 14.1. The molecule has 0 aliphatic carbocycles. The van der Waals surface area contributed by atoms with Gasteiger partial charge in [-0.3, -0.25) is 4.79 Å². The summed E-state index contributed by atoms with van der Waals surface area (Å²) in [7, 11) is 0. The normalized spacial score (nSPS) is 10.7. The molecule has 0 saturated heterocycles. The number of ether oxygens (including phenoxy) is 1. The maximum absolute atomic E-state index is 10.3. The Bertz CT molecular complexity index is 368. The summed E-state index contributed by atoms with van der Waals surface area (Å²) in [4.78, 5) is 10.3. The van der Waals surface area contributed by atoms with E-state index in [1.807, 2.05) is 12.1 Å². The molecule has 1 aromatic rings. The van der Waals surface area contributed by atoms with Gasteiger partial charge >= 0.3 is 5.97 Å². The van der Waals surface area contributed by atoms with E-state index in [9.17, 15) is 4.79 Å². The summed E-state index contributed by atoms with van der Waals surface area (Å²) in [6, 6.07) is 8.24. The molecule has 0 amide bonds. The summed E-state index contributed by atoms with van der Waals surface area (Å²) < 4.78 is 5.63. The SMILES string of the molecule is CC(C)Cc1ccc(OCCCCCC(=O)O)cc1. The summed E-state index contributed by atoms with van der Waals surface area (Å²) in [5, 5.41) is 8.51. The highest BCUT2D eigenvalue weighted by molar-refractivity contribution is 5.66. The molecule has 1 N–H and O–H groups in total. The number of rotatable bonds is 9. The lowest BCUT2D eigenvalue weighted by Gasteiger charge is -2.08. The van der Waals surface area contributed by atoms with Crippen molar-refractivity contribution in [2.24, 2.45) is 5.92 Å². The highest BCUT2D eigenvalue weighted by Gasteiger charge is 2.00. The molecule has 106 valence electrons. The van der Waals surface area contributed by atoms with E-state index in [4.69, 9.17) is 9.84 Å². The molecule has 0 aliphatic rings. The van der Waals surface area contributed by atoms with Gasteiger partial charge in [0.15, 0.2) is 0 Å². The van der Waals surface area contributed by atoms with Crippen LogP contribution in [0, 0.1) is 5.92 Å². The molecule has 0 bridgehead atoms. The van der Waals surface area contributed by atoms with Gasteiger partial charge in [0.25, 0.3) is 0 Å². The van der Waals surface area contributed by atoms with E-state index in [0.717, 1.165) is 31.4 Å². The first-order valence-corrected chi connectivity index (χ1v) is 7.01. The summed E-state index contributed by atoms with van der Waals surface area (Å²) in [5.41, 5.74) is 1.34. The predicted octanol–water partition coefficient (Wildman–Crippen LogP) is 3.91. The number of aliphatic carboxylic acids is 1. The van der Waals surface area contributed by atoms with E-state index in [1.165, 1.54) is 5.56 Å². The molecule has 0 fully saturated rings. The third kappa shape index (κ3) is 7.50. The maximum Gasteiger partial charge on any atom is 0.303 e. The highest BCUT2D eigenvalue weighted by atomic mass is 16.5. The van der Waals surface area contributed by atoms with Crippen LogP contribution in [0.3, 0.4) is 0 Å². The largest absolute Gasteiger partial charge is 0.494 e. The molecule has 0 unspecified atom stereocenters. The molecule has 0 spiro atoms. The van der Waals surface area contributed by atoms with Crippen molar-refractivity contribution in [1.29, 1.82) is 0 Å². The van der Waals surface area contributed by atoms with Crippen LogP contribution in [-0.4, -0.2) is 17.7 Å². The molecule has 0 saturated carbocycles. The van der Waals surface area contributed by atoms with Gasteiger partial charge in [-0.2, -0.15) is 0 Å². The first-order valence-electron chi connectivity index (χ1n) is 7.01. The summed E-state index contributed by atoms with van der Waals surface area (Å²) >= 11 is 0. The van der Waals surface area contributed by atoms with Crippen LogP contribution in [0.5, 0.6) is 5.75 Å². The smallest absolute Gasteiger partial charge is 0.303 e. The Labute approximate surface area is 115 Å². The average Bonchev–Trinajstić information content (AvgIpc) is 2.34. The quantitative estimate of drug-likeness (QED) is 0.688. The van der Waals surface area contributed by atoms with Crippen molar-refractivity contribution in [2.45, 2.75) is 46.0 Å². The topological polar surface area (TPSA) is 46.5 Å². The number of carbonyl (C=O) groups is 1. The molecule has 0 aliphatic heterocycles. The van der Waals surface area contributed by atoms with E-state index in [-0.39, 0.29) is 6.42 Å². The standard InChI is InChI=1S/C16H24O3/c1-13(2)12-14-7-9-15(10-8-14)19-11-5-3-4-6-16(17)18/h7-10,13H,3-6,11-12H2,1-2H3,(H,17,18). The van der Waals surface area contributed by atoms with Crippen molar-refractivity contribution in [3.63, 3.8) is 0 Å². The van der Waals surface area contributed by atoms with Crippen LogP contribution in [-0.2, 0) is 11.2 Å². The van der Waals surface area contributed by atoms with E-state index in [0.29, 0.717) is 12.5 Å². The molecular weight excluding hydrogens is 240 g/mol. The van der Waals surface area contributed by atoms with Crippen LogP contribution < -0.4 is 4.74 Å². The van der Waals surface area contributed by atoms with Crippen molar-refractivity contribution in [2.75, 3.05) is 6.61 Å². The van der Waals surface area contributed by atoms with Gasteiger partial charge < -0.3 is 9.84 Å². The Balaban J connectivity index is 2.17. The Morgan fingerprint density at radius 2 is 1.84 bits per heavy atom. The lowest BCUT2D eigenvalue weighted by Crippen LogP contribution is -1.99. The van der Waals surface area contributed by atoms with Gasteiger partial charge in [-0.25, -0.2) is 0 Å². The lowest BCUT2D eigenvalue weighted by atomic mass is 10.0. The van der Waals surface area contributed by atoms with Gasteiger partial charge in [-0.1, -0.05) is 26.0 Å². The summed E-state index contributed by atoms with van der Waals surface area (Å²) in [6.07, 6.45) is 3.88. The number of unbranched alkanes of at least 4 members (excludes halogenated alkanes) is 2. The molecule has 19 heavy (non-hydrogen) atoms. The fraction of sp³-hybridized carbons (Fsp3) is 0.562. The molecule has 1 aromatic carbocycles. The van der Waals surface area contributed by atoms with Crippen LogP contribution in [0.1, 0.15) is 45.1 Å². The second-order valence-corrected chi connectivity index (χ2v) is 5.29. The zero-order valence-electron chi connectivity index (χ0n) is 11.9. The van der Waals surface area contributed by atoms with Crippen molar-refractivity contribution in [3.05, 3.63) is 29.8 Å². The highest BCUT2D eigenvalue weighted by Crippen LogP contribution is 2.15. The van der Waals surface area contributed by atoms with Crippen LogP contribution in [0.15, 0.2) is 24.3 Å². The number of carboxylic acids is 1. The number of benzene rings is 1. The third-order valence-corrected chi connectivity index (χ3v) is 2.87. The third-order valence-electron chi connectivity index (χ3n) is 2.87. The zero-order valence-corrected chi connectivity index (χ0v) is 11.9. The molecular formula is C16H24O3. The van der Waals surface area contributed by atoms with Gasteiger partial charge in [0.2, 0.25) is 0 Å². The Kier molecular flexibility index (Phi) is 7.01. The monoisotopic (exact) mass is 264 g/mol. The van der Waals surface area contributed by atoms with E-state index < -0.39 is 5.97 Å². The van der Waals surface area contributed by atoms with E-state index in [1.54, 1.807) is 0 Å². The van der Waals surface area contributed by atoms with Crippen LogP contribution in [0.2, 0.25) is 0 Å². The minimum Gasteiger partial charge on any atom is -0.494 e. The average molecular weight is 264 g/mol. The first kappa shape index (κ1) is 15.5. The first-order chi connectivity index (χ1) is 9.08. The summed E-state index contributed by atoms with van der Waals surface area (Å²) in [6.45, 7) is 5.08. The molecule has 0 aromatic heterocycles. The van der Waals surface area contributed by atoms with E-state index in [2.05, 4.69) is 26.0 Å². The minimum absolute atomic E-state index is 0.254. The van der Waals surface area contributed by atoms with Crippen LogP contribution >= 0.6 is 0 Å². The van der Waals surface area contributed by atoms with Gasteiger partial charge in [-0.05, 0) is 49.3 Å². The molecule has 0 heterocycles. The molecule has 0 atom stereocenters. The van der Waals surface area contributed by atoms with Crippen LogP contribution in [0.25, 0.3) is 0 Å². The van der Waals surface area contributed by atoms with Gasteiger partial charge in [0, 0.05) is 6.42 Å². The second-order valence-electron chi connectivity index (χ2n) is 5.29. The van der Waals surface area contributed by atoms with Gasteiger partial charge in [0.05, 0.1) is 6.61 Å². The van der Waals surface area contributed by atoms with E-state index >= 15 is 0 Å². The number of hydrogen-bond acceptors (Lipinski definition) is 2. The predicted molar refractivity (Wildman–Crippen MR) is 76.6 cm³/mol. The van der Waals surface area contributed by atoms with Crippen LogP contribution in [0.4, 0.5) is 0 Å². The van der Waals surface area contributed by atoms with Crippen molar-refractivity contribution in [1.82, 2.24) is 0 Å². The fourth-order valence-corrected chi connectivity index (χ4v) is 1.94. The number of hydrogen-bond donors (Lipinski definition) is 1. The van der Waals surface area contributed by atoms with Crippen molar-refractivity contribution in [3.8, 4) is 5.75 Å². The molecule has 3 heteroatoms. The maximum atomic E-state index is 10.3. The molecule has 3 nitrogen and oxygen atoms in total. The Hall–Kier alpha value is -1.51. The minimum atomic E-state index is -0.721. The van der Waals surface area contributed by atoms with Gasteiger partial charge in [-0.15, -0.1) is 0 Å². The van der Waals surface area contributed by atoms with Gasteiger partial charge in [0.1, 0.15) is 5.75 Å². The molecule has 1 rings (SSSR count). The Morgan fingerprint density at radius 3 is 2.42 bits per heavy atom. The number of carboxylic acid groups (broad SMARTS) is 1. The fourth-order valence-electron chi connectivity index (χ4n) is 1.94. The second kappa shape index (κ2) is 8.57. The lowest BCUT2D eigenvalue weighted by molar-refractivity contribution is -0.137. The van der Waals surface area contributed by atoms with Crippen molar-refractivity contribution >= 4 is 5.97 Å². The molecule has 0 radical (unpaired) electrons.